The number of fused-ring (bicyclic) bond motifs is 1. The van der Waals surface area contributed by atoms with Crippen LogP contribution < -0.4 is 20.7 Å². The fraction of sp³-hybridized carbons (Fsp3) is 0.300. The molecule has 1 aliphatic rings. The number of ether oxygens (including phenoxy) is 1. The van der Waals surface area contributed by atoms with Crippen molar-refractivity contribution in [1.82, 2.24) is 9.80 Å². The molecule has 0 fully saturated rings. The Morgan fingerprint density at radius 1 is 1.00 bits per heavy atom. The Hall–Kier alpha value is -4.71. The summed E-state index contributed by atoms with van der Waals surface area (Å²) in [4.78, 5) is 42.3. The first-order valence-corrected chi connectivity index (χ1v) is 13.4. The van der Waals surface area contributed by atoms with Crippen LogP contribution in [-0.4, -0.2) is 71.8 Å². The molecule has 0 aliphatic carbocycles. The minimum atomic E-state index is -0.644. The molecule has 5 amide bonds. The number of likely N-dealkylation sites (N-methyl/N-ethyl adjacent to an activating group) is 1. The Labute approximate surface area is 242 Å². The van der Waals surface area contributed by atoms with Gasteiger partial charge in [-0.25, -0.2) is 18.4 Å². The van der Waals surface area contributed by atoms with Crippen LogP contribution in [-0.2, 0) is 0 Å². The number of para-hydroxylation sites is 1. The third-order valence-corrected chi connectivity index (χ3v) is 6.94. The Bertz CT molecular complexity index is 1420. The summed E-state index contributed by atoms with van der Waals surface area (Å²) in [6.45, 7) is 3.66. The van der Waals surface area contributed by atoms with Gasteiger partial charge in [0.05, 0.1) is 30.4 Å². The molecule has 0 aromatic heterocycles. The lowest BCUT2D eigenvalue weighted by Crippen LogP contribution is -2.50. The number of carbonyl (C=O) groups excluding carboxylic acids is 3. The van der Waals surface area contributed by atoms with Crippen molar-refractivity contribution in [2.45, 2.75) is 26.0 Å². The van der Waals surface area contributed by atoms with Gasteiger partial charge in [-0.05, 0) is 67.6 Å². The molecule has 0 saturated carbocycles. The summed E-state index contributed by atoms with van der Waals surface area (Å²) in [5.41, 5.74) is 1.14. The van der Waals surface area contributed by atoms with Crippen molar-refractivity contribution in [1.29, 1.82) is 0 Å². The van der Waals surface area contributed by atoms with E-state index in [1.807, 2.05) is 6.92 Å². The highest BCUT2D eigenvalue weighted by Gasteiger charge is 2.35. The summed E-state index contributed by atoms with van der Waals surface area (Å²) < 4.78 is 32.9. The Balaban J connectivity index is 1.61. The molecule has 0 unspecified atom stereocenters. The van der Waals surface area contributed by atoms with E-state index in [0.29, 0.717) is 11.4 Å². The largest absolute Gasteiger partial charge is 0.485 e. The topological polar surface area (TPSA) is 123 Å². The molecule has 3 aromatic carbocycles. The van der Waals surface area contributed by atoms with Gasteiger partial charge in [0.15, 0.2) is 5.75 Å². The minimum Gasteiger partial charge on any atom is -0.485 e. The summed E-state index contributed by atoms with van der Waals surface area (Å²) in [6, 6.07) is 13.7. The number of carbonyl (C=O) groups is 3. The number of aliphatic hydroxyl groups excluding tert-OH is 1. The van der Waals surface area contributed by atoms with Gasteiger partial charge in [-0.2, -0.15) is 0 Å². The number of urea groups is 2. The van der Waals surface area contributed by atoms with Crippen LogP contribution in [0.4, 0.5) is 35.4 Å². The molecule has 0 radical (unpaired) electrons. The lowest BCUT2D eigenvalue weighted by atomic mass is 9.99. The molecule has 4 rings (SSSR count). The van der Waals surface area contributed by atoms with E-state index in [4.69, 9.17) is 4.74 Å². The van der Waals surface area contributed by atoms with Gasteiger partial charge in [-0.15, -0.1) is 0 Å². The average molecular weight is 582 g/mol. The number of rotatable bonds is 7. The van der Waals surface area contributed by atoms with Gasteiger partial charge in [0, 0.05) is 30.9 Å². The number of aliphatic hydroxyl groups is 1. The van der Waals surface area contributed by atoms with Gasteiger partial charge in [0.25, 0.3) is 5.91 Å². The minimum absolute atomic E-state index is 0.0965. The molecule has 0 bridgehead atoms. The van der Waals surface area contributed by atoms with Crippen LogP contribution >= 0.6 is 0 Å². The van der Waals surface area contributed by atoms with Crippen LogP contribution in [0.25, 0.3) is 0 Å². The predicted molar refractivity (Wildman–Crippen MR) is 155 cm³/mol. The summed E-state index contributed by atoms with van der Waals surface area (Å²) in [5.74, 6) is -1.46. The Morgan fingerprint density at radius 2 is 1.60 bits per heavy atom. The number of benzene rings is 3. The molecule has 222 valence electrons. The number of nitrogens with zero attached hydrogens (tertiary/aromatic N) is 2. The molecule has 0 saturated heterocycles. The summed E-state index contributed by atoms with van der Waals surface area (Å²) in [7, 11) is 1.58. The first-order chi connectivity index (χ1) is 20.0. The lowest BCUT2D eigenvalue weighted by Gasteiger charge is -2.38. The number of halogens is 2. The first-order valence-electron chi connectivity index (χ1n) is 13.4. The average Bonchev–Trinajstić information content (AvgIpc) is 2.97. The van der Waals surface area contributed by atoms with Crippen LogP contribution in [0.5, 0.6) is 5.75 Å². The van der Waals surface area contributed by atoms with E-state index in [9.17, 15) is 28.3 Å². The van der Waals surface area contributed by atoms with Crippen molar-refractivity contribution in [2.24, 2.45) is 5.92 Å². The third kappa shape index (κ3) is 7.32. The third-order valence-electron chi connectivity index (χ3n) is 6.94. The highest BCUT2D eigenvalue weighted by molar-refractivity contribution is 6.04. The van der Waals surface area contributed by atoms with Crippen molar-refractivity contribution < 1.29 is 33.0 Å². The van der Waals surface area contributed by atoms with Crippen LogP contribution in [0.2, 0.25) is 0 Å². The zero-order valence-electron chi connectivity index (χ0n) is 23.4. The molecular weight excluding hydrogens is 548 g/mol. The SMILES string of the molecule is C[C@H]1CN([C@@H](C)CO)C(=O)c2cccc(NC(=O)Nc3ccc(F)cc3)c2O[C@@H]1CN(C)C(=O)Nc1ccc(F)cc1. The quantitative estimate of drug-likeness (QED) is 0.313. The maximum atomic E-state index is 13.6. The number of nitrogens with one attached hydrogen (secondary N) is 3. The second kappa shape index (κ2) is 13.3. The van der Waals surface area contributed by atoms with E-state index in [1.54, 1.807) is 37.1 Å². The molecule has 10 nitrogen and oxygen atoms in total. The molecule has 1 aliphatic heterocycles. The van der Waals surface area contributed by atoms with Crippen molar-refractivity contribution in [2.75, 3.05) is 42.7 Å². The normalized spacial score (nSPS) is 17.2. The van der Waals surface area contributed by atoms with E-state index in [1.165, 1.54) is 53.4 Å². The standard InChI is InChI=1S/C30H33F2N5O5/c1-18-15-37(19(2)17-38)28(39)24-5-4-6-25(35-29(40)33-22-11-7-20(31)8-12-22)27(24)42-26(18)16-36(3)30(41)34-23-13-9-21(32)10-14-23/h4-14,18-19,26,38H,15-17H2,1-3H3,(H,34,41)(H2,33,35,40)/t18-,19-,26+/m0/s1. The zero-order valence-corrected chi connectivity index (χ0v) is 23.4. The summed E-state index contributed by atoms with van der Waals surface area (Å²) >= 11 is 0. The highest BCUT2D eigenvalue weighted by Crippen LogP contribution is 2.35. The van der Waals surface area contributed by atoms with Crippen LogP contribution in [0.3, 0.4) is 0 Å². The van der Waals surface area contributed by atoms with Gasteiger partial charge < -0.3 is 35.6 Å². The number of anilines is 3. The maximum absolute atomic E-state index is 13.6. The summed E-state index contributed by atoms with van der Waals surface area (Å²) in [6.07, 6.45) is -0.641. The van der Waals surface area contributed by atoms with E-state index < -0.39 is 35.8 Å². The molecule has 1 heterocycles. The zero-order chi connectivity index (χ0) is 30.4. The molecule has 42 heavy (non-hydrogen) atoms. The highest BCUT2D eigenvalue weighted by atomic mass is 19.1. The van der Waals surface area contributed by atoms with Crippen molar-refractivity contribution in [3.8, 4) is 5.75 Å². The van der Waals surface area contributed by atoms with E-state index >= 15 is 0 Å². The van der Waals surface area contributed by atoms with Gasteiger partial charge in [-0.1, -0.05) is 13.0 Å². The number of amides is 5. The van der Waals surface area contributed by atoms with Crippen LogP contribution in [0, 0.1) is 17.6 Å². The van der Waals surface area contributed by atoms with Gasteiger partial charge >= 0.3 is 12.1 Å². The molecule has 4 N–H and O–H groups in total. The van der Waals surface area contributed by atoms with Crippen molar-refractivity contribution in [3.05, 3.63) is 83.9 Å². The van der Waals surface area contributed by atoms with Gasteiger partial charge in [-0.3, -0.25) is 4.79 Å². The fourth-order valence-corrected chi connectivity index (χ4v) is 4.48. The van der Waals surface area contributed by atoms with Crippen molar-refractivity contribution >= 4 is 35.0 Å². The molecule has 3 atom stereocenters. The molecular formula is C30H33F2N5O5. The smallest absolute Gasteiger partial charge is 0.323 e. The Morgan fingerprint density at radius 3 is 2.19 bits per heavy atom. The van der Waals surface area contributed by atoms with Crippen LogP contribution in [0.1, 0.15) is 24.2 Å². The maximum Gasteiger partial charge on any atom is 0.323 e. The number of hydrogen-bond donors (Lipinski definition) is 4. The second-order valence-corrected chi connectivity index (χ2v) is 10.2. The molecule has 0 spiro atoms. The second-order valence-electron chi connectivity index (χ2n) is 10.2. The number of hydrogen-bond acceptors (Lipinski definition) is 5. The fourth-order valence-electron chi connectivity index (χ4n) is 4.48. The van der Waals surface area contributed by atoms with Gasteiger partial charge in [0.1, 0.15) is 17.7 Å². The predicted octanol–water partition coefficient (Wildman–Crippen LogP) is 4.99. The van der Waals surface area contributed by atoms with E-state index in [2.05, 4.69) is 16.0 Å². The summed E-state index contributed by atoms with van der Waals surface area (Å²) in [5, 5.41) is 17.9. The Kier molecular flexibility index (Phi) is 9.58. The molecule has 3 aromatic rings. The molecule has 12 heteroatoms. The van der Waals surface area contributed by atoms with Crippen molar-refractivity contribution in [3.63, 3.8) is 0 Å². The first kappa shape index (κ1) is 30.3. The van der Waals surface area contributed by atoms with E-state index in [0.717, 1.165) is 0 Å². The van der Waals surface area contributed by atoms with Crippen LogP contribution in [0.15, 0.2) is 66.7 Å². The lowest BCUT2D eigenvalue weighted by molar-refractivity contribution is 0.0373. The van der Waals surface area contributed by atoms with E-state index in [-0.39, 0.29) is 48.5 Å². The van der Waals surface area contributed by atoms with Gasteiger partial charge in [0.2, 0.25) is 0 Å². The monoisotopic (exact) mass is 581 g/mol.